The van der Waals surface area contributed by atoms with Gasteiger partial charge in [-0.15, -0.1) is 35.2 Å². The molecule has 0 atom stereocenters. The van der Waals surface area contributed by atoms with Crippen molar-refractivity contribution in [2.24, 2.45) is 0 Å². The first kappa shape index (κ1) is 51.1. The Hall–Kier alpha value is -6.81. The summed E-state index contributed by atoms with van der Waals surface area (Å²) in [5, 5.41) is 2.26. The molecule has 0 N–H and O–H groups in total. The number of hydrogen-bond acceptors (Lipinski definition) is 2. The second-order valence-electron chi connectivity index (χ2n) is 22.9. The SMILES string of the molecule is CC(C)c1ccc2c(c1)c1ccc(Oc3[c-]c(-n4[c-][n+](-c5cc(-c6ccccc6)cc(C(C)(C)C)c5)c(C(C)(C)c5ccccc5)c4)cc(C(C)(C)c4ccccc4)c3)[c-]c1n2-c1cc(C(C)(C)C)ccn1.[Pt]. The molecule has 73 heavy (non-hydrogen) atoms. The average molecular weight is 1140 g/mol. The fourth-order valence-corrected chi connectivity index (χ4v) is 9.92. The smallest absolute Gasteiger partial charge is 0.267 e. The Bertz CT molecular complexity index is 3590. The van der Waals surface area contributed by atoms with Crippen LogP contribution in [0.1, 0.15) is 128 Å². The van der Waals surface area contributed by atoms with Gasteiger partial charge in [0.05, 0.1) is 11.4 Å². The van der Waals surface area contributed by atoms with E-state index in [9.17, 15) is 0 Å². The molecule has 0 saturated carbocycles. The summed E-state index contributed by atoms with van der Waals surface area (Å²) in [5.74, 6) is 2.40. The van der Waals surface area contributed by atoms with Crippen molar-refractivity contribution in [1.29, 1.82) is 0 Å². The van der Waals surface area contributed by atoms with Gasteiger partial charge in [-0.2, -0.15) is 12.1 Å². The molecule has 3 heterocycles. The molecule has 0 fully saturated rings. The van der Waals surface area contributed by atoms with Gasteiger partial charge in [-0.1, -0.05) is 198 Å². The largest absolute Gasteiger partial charge is 0.510 e. The Balaban J connectivity index is 0.00000656. The summed E-state index contributed by atoms with van der Waals surface area (Å²) < 4.78 is 13.6. The monoisotopic (exact) mass is 1140 g/mol. The average Bonchev–Trinajstić information content (AvgIpc) is 3.97. The molecule has 0 saturated heterocycles. The Labute approximate surface area is 447 Å². The van der Waals surface area contributed by atoms with Crippen molar-refractivity contribution in [2.45, 2.75) is 111 Å². The van der Waals surface area contributed by atoms with E-state index in [0.717, 1.165) is 55.8 Å². The number of fused-ring (bicyclic) bond motifs is 3. The van der Waals surface area contributed by atoms with E-state index in [1.807, 2.05) is 12.3 Å². The molecule has 0 radical (unpaired) electrons. The molecule has 0 aliphatic heterocycles. The Morgan fingerprint density at radius 1 is 0.534 bits per heavy atom. The first-order chi connectivity index (χ1) is 34.3. The third-order valence-electron chi connectivity index (χ3n) is 14.7. The molecule has 7 aromatic carbocycles. The van der Waals surface area contributed by atoms with Gasteiger partial charge in [0, 0.05) is 55.9 Å². The maximum Gasteiger partial charge on any atom is 0.267 e. The van der Waals surface area contributed by atoms with Crippen molar-refractivity contribution in [2.75, 3.05) is 0 Å². The molecule has 5 nitrogen and oxygen atoms in total. The topological polar surface area (TPSA) is 35.9 Å². The third kappa shape index (κ3) is 10.0. The van der Waals surface area contributed by atoms with Gasteiger partial charge in [0.25, 0.3) is 6.33 Å². The predicted molar refractivity (Wildman–Crippen MR) is 297 cm³/mol. The van der Waals surface area contributed by atoms with E-state index in [-0.39, 0.29) is 31.9 Å². The van der Waals surface area contributed by atoms with Crippen LogP contribution < -0.4 is 9.30 Å². The molecular weight excluding hydrogens is 1070 g/mol. The third-order valence-corrected chi connectivity index (χ3v) is 14.7. The molecule has 6 heteroatoms. The van der Waals surface area contributed by atoms with Crippen LogP contribution >= 0.6 is 0 Å². The number of pyridine rings is 1. The van der Waals surface area contributed by atoms with Crippen molar-refractivity contribution < 1.29 is 30.4 Å². The Morgan fingerprint density at radius 2 is 1.18 bits per heavy atom. The molecule has 372 valence electrons. The van der Waals surface area contributed by atoms with Gasteiger partial charge in [-0.25, -0.2) is 4.98 Å². The normalized spacial score (nSPS) is 12.4. The van der Waals surface area contributed by atoms with Crippen molar-refractivity contribution >= 4 is 21.8 Å². The summed E-state index contributed by atoms with van der Waals surface area (Å²) >= 11 is 0. The Morgan fingerprint density at radius 3 is 1.82 bits per heavy atom. The van der Waals surface area contributed by atoms with Gasteiger partial charge in [-0.05, 0) is 103 Å². The van der Waals surface area contributed by atoms with Crippen LogP contribution in [0.15, 0.2) is 176 Å². The molecule has 0 aliphatic rings. The molecule has 0 unspecified atom stereocenters. The zero-order chi connectivity index (χ0) is 50.7. The first-order valence-electron chi connectivity index (χ1n) is 25.4. The van der Waals surface area contributed by atoms with Crippen LogP contribution in [0.3, 0.4) is 0 Å². The summed E-state index contributed by atoms with van der Waals surface area (Å²) in [5.41, 5.74) is 13.5. The van der Waals surface area contributed by atoms with Crippen molar-refractivity contribution in [1.82, 2.24) is 14.1 Å². The van der Waals surface area contributed by atoms with E-state index in [4.69, 9.17) is 9.72 Å². The van der Waals surface area contributed by atoms with Gasteiger partial charge in [0.15, 0.2) is 0 Å². The number of hydrogen-bond donors (Lipinski definition) is 0. The summed E-state index contributed by atoms with van der Waals surface area (Å²) in [6, 6.07) is 66.3. The second-order valence-corrected chi connectivity index (χ2v) is 22.9. The number of ether oxygens (including phenoxy) is 1. The van der Waals surface area contributed by atoms with Crippen LogP contribution in [-0.4, -0.2) is 14.1 Å². The quantitative estimate of drug-likeness (QED) is 0.0956. The van der Waals surface area contributed by atoms with Crippen molar-refractivity contribution in [3.8, 4) is 39.8 Å². The van der Waals surface area contributed by atoms with E-state index in [0.29, 0.717) is 17.4 Å². The standard InChI is InChI=1S/C67H66N4O.Pt/c1-45(2)47-28-31-60-59(36-47)58-30-29-56(42-61(58)71(60)63-40-51(32-33-68-63)64(3,4)5)72-57-39-53(66(9,10)49-24-18-14-19-25-49)38-54(41-57)69-43-62(67(11,12)50-26-20-15-21-27-50)70(44-69)55-35-48(46-22-16-13-17-23-46)34-52(37-55)65(6,7)8;/h13-40,43,45H,1-12H3;/q-2;. The van der Waals surface area contributed by atoms with Gasteiger partial charge in [0.2, 0.25) is 0 Å². The summed E-state index contributed by atoms with van der Waals surface area (Å²) in [6.07, 6.45) is 8.03. The number of aromatic nitrogens is 4. The van der Waals surface area contributed by atoms with Gasteiger partial charge in [0.1, 0.15) is 5.82 Å². The second kappa shape index (κ2) is 19.6. The molecule has 0 spiro atoms. The van der Waals surface area contributed by atoms with Crippen LogP contribution in [0.5, 0.6) is 11.5 Å². The molecule has 0 amide bonds. The number of imidazole rings is 1. The molecule has 3 aromatic heterocycles. The van der Waals surface area contributed by atoms with Crippen molar-refractivity contribution in [3.05, 3.63) is 234 Å². The van der Waals surface area contributed by atoms with E-state index in [1.165, 1.54) is 33.4 Å². The maximum atomic E-state index is 7.04. The minimum Gasteiger partial charge on any atom is -0.510 e. The van der Waals surface area contributed by atoms with Crippen LogP contribution in [0.4, 0.5) is 0 Å². The van der Waals surface area contributed by atoms with Crippen LogP contribution in [-0.2, 0) is 42.7 Å². The minimum atomic E-state index is -0.423. The van der Waals surface area contributed by atoms with E-state index in [1.54, 1.807) is 0 Å². The predicted octanol–water partition coefficient (Wildman–Crippen LogP) is 16.5. The summed E-state index contributed by atoms with van der Waals surface area (Å²) in [6.45, 7) is 27.2. The number of nitrogens with zero attached hydrogens (tertiary/aromatic N) is 4. The molecule has 0 bridgehead atoms. The van der Waals surface area contributed by atoms with Crippen LogP contribution in [0, 0.1) is 18.5 Å². The number of benzene rings is 7. The first-order valence-corrected chi connectivity index (χ1v) is 25.4. The van der Waals surface area contributed by atoms with Crippen LogP contribution in [0.25, 0.3) is 50.1 Å². The fraction of sp³-hybridized carbons (Fsp3) is 0.254. The fourth-order valence-electron chi connectivity index (χ4n) is 9.92. The number of rotatable bonds is 11. The zero-order valence-electron chi connectivity index (χ0n) is 44.3. The summed E-state index contributed by atoms with van der Waals surface area (Å²) in [7, 11) is 0. The maximum absolute atomic E-state index is 7.04. The molecular formula is C67H66N4OPt-2. The van der Waals surface area contributed by atoms with Gasteiger partial charge < -0.3 is 13.9 Å². The summed E-state index contributed by atoms with van der Waals surface area (Å²) in [4.78, 5) is 4.97. The molecule has 0 aliphatic carbocycles. The van der Waals surface area contributed by atoms with E-state index < -0.39 is 10.8 Å². The van der Waals surface area contributed by atoms with Crippen molar-refractivity contribution in [3.63, 3.8) is 0 Å². The minimum absolute atomic E-state index is 0. The van der Waals surface area contributed by atoms with Gasteiger partial charge in [-0.3, -0.25) is 4.57 Å². The molecule has 10 rings (SSSR count). The molecule has 10 aromatic rings. The Kier molecular flexibility index (Phi) is 13.7. The zero-order valence-corrected chi connectivity index (χ0v) is 46.6. The van der Waals surface area contributed by atoms with Crippen LogP contribution in [0.2, 0.25) is 0 Å². The van der Waals surface area contributed by atoms with Gasteiger partial charge >= 0.3 is 0 Å². The van der Waals surface area contributed by atoms with E-state index >= 15 is 0 Å². The van der Waals surface area contributed by atoms with E-state index in [2.05, 4.69) is 279 Å².